The van der Waals surface area contributed by atoms with Crippen LogP contribution in [0.1, 0.15) is 21.6 Å². The van der Waals surface area contributed by atoms with Crippen LogP contribution in [0.25, 0.3) is 4.96 Å². The van der Waals surface area contributed by atoms with Gasteiger partial charge in [0.05, 0.1) is 11.3 Å². The van der Waals surface area contributed by atoms with Gasteiger partial charge >= 0.3 is 5.97 Å². The van der Waals surface area contributed by atoms with Crippen molar-refractivity contribution in [3.05, 3.63) is 52.8 Å². The van der Waals surface area contributed by atoms with Crippen LogP contribution in [-0.2, 0) is 6.61 Å². The molecule has 0 spiro atoms. The van der Waals surface area contributed by atoms with Gasteiger partial charge in [0.2, 0.25) is 0 Å². The molecular formula is C14H12N2O3S. The van der Waals surface area contributed by atoms with Crippen LogP contribution in [0, 0.1) is 6.92 Å². The van der Waals surface area contributed by atoms with Crippen molar-refractivity contribution in [3.8, 4) is 5.75 Å². The van der Waals surface area contributed by atoms with Gasteiger partial charge in [-0.05, 0) is 24.6 Å². The number of aryl methyl sites for hydroxylation is 1. The lowest BCUT2D eigenvalue weighted by Crippen LogP contribution is -2.01. The second-order valence-electron chi connectivity index (χ2n) is 4.40. The highest BCUT2D eigenvalue weighted by atomic mass is 32.1. The van der Waals surface area contributed by atoms with E-state index in [9.17, 15) is 4.79 Å². The summed E-state index contributed by atoms with van der Waals surface area (Å²) in [5, 5.41) is 10.9. The molecule has 0 bridgehead atoms. The minimum Gasteiger partial charge on any atom is -0.487 e. The van der Waals surface area contributed by atoms with Gasteiger partial charge in [0, 0.05) is 17.8 Å². The van der Waals surface area contributed by atoms with Crippen LogP contribution in [0.2, 0.25) is 0 Å². The maximum atomic E-state index is 11.0. The number of imidazole rings is 1. The van der Waals surface area contributed by atoms with E-state index >= 15 is 0 Å². The van der Waals surface area contributed by atoms with Gasteiger partial charge < -0.3 is 9.84 Å². The number of ether oxygens (including phenoxy) is 1. The lowest BCUT2D eigenvalue weighted by molar-refractivity contribution is 0.0696. The van der Waals surface area contributed by atoms with Gasteiger partial charge in [-0.15, -0.1) is 11.3 Å². The predicted molar refractivity (Wildman–Crippen MR) is 75.5 cm³/mol. The minimum absolute atomic E-state index is 0.219. The number of carboxylic acid groups (broad SMARTS) is 1. The van der Waals surface area contributed by atoms with Crippen molar-refractivity contribution in [2.24, 2.45) is 0 Å². The maximum absolute atomic E-state index is 11.0. The van der Waals surface area contributed by atoms with Crippen molar-refractivity contribution in [2.75, 3.05) is 0 Å². The summed E-state index contributed by atoms with van der Waals surface area (Å²) in [5.41, 5.74) is 1.93. The Morgan fingerprint density at radius 3 is 3.10 bits per heavy atom. The zero-order chi connectivity index (χ0) is 14.1. The van der Waals surface area contributed by atoms with Crippen molar-refractivity contribution < 1.29 is 14.6 Å². The molecule has 0 amide bonds. The van der Waals surface area contributed by atoms with E-state index < -0.39 is 5.97 Å². The first-order chi connectivity index (χ1) is 9.63. The normalized spacial score (nSPS) is 10.8. The third-order valence-electron chi connectivity index (χ3n) is 2.95. The van der Waals surface area contributed by atoms with E-state index in [0.717, 1.165) is 16.2 Å². The number of hydrogen-bond acceptors (Lipinski definition) is 4. The van der Waals surface area contributed by atoms with E-state index in [1.165, 1.54) is 6.07 Å². The number of carboxylic acids is 1. The zero-order valence-corrected chi connectivity index (χ0v) is 11.6. The molecule has 1 N–H and O–H groups in total. The quantitative estimate of drug-likeness (QED) is 0.801. The Morgan fingerprint density at radius 1 is 1.50 bits per heavy atom. The van der Waals surface area contributed by atoms with Crippen LogP contribution >= 0.6 is 11.3 Å². The van der Waals surface area contributed by atoms with Crippen LogP contribution in [0.15, 0.2) is 36.0 Å². The maximum Gasteiger partial charge on any atom is 0.335 e. The molecule has 0 saturated carbocycles. The van der Waals surface area contributed by atoms with Crippen molar-refractivity contribution in [1.82, 2.24) is 9.38 Å². The number of carbonyl (C=O) groups is 1. The van der Waals surface area contributed by atoms with Crippen LogP contribution in [-0.4, -0.2) is 20.5 Å². The van der Waals surface area contributed by atoms with Crippen LogP contribution < -0.4 is 4.74 Å². The predicted octanol–water partition coefficient (Wildman–Crippen LogP) is 2.98. The number of benzene rings is 1. The van der Waals surface area contributed by atoms with Crippen molar-refractivity contribution >= 4 is 22.3 Å². The molecule has 0 atom stereocenters. The van der Waals surface area contributed by atoms with E-state index in [-0.39, 0.29) is 5.56 Å². The molecule has 0 aliphatic rings. The highest BCUT2D eigenvalue weighted by Gasteiger charge is 2.08. The van der Waals surface area contributed by atoms with E-state index in [2.05, 4.69) is 4.98 Å². The van der Waals surface area contributed by atoms with Gasteiger partial charge in [0.1, 0.15) is 12.4 Å². The fraction of sp³-hybridized carbons (Fsp3) is 0.143. The molecule has 0 aliphatic heterocycles. The standard InChI is InChI=1S/C14H12N2O3S/c1-9-2-3-10(13(17)18)6-12(9)19-8-11-7-16-4-5-20-14(16)15-11/h2-7H,8H2,1H3,(H,17,18). The first-order valence-electron chi connectivity index (χ1n) is 6.01. The van der Waals surface area contributed by atoms with Crippen LogP contribution in [0.3, 0.4) is 0 Å². The first kappa shape index (κ1) is 12.7. The Morgan fingerprint density at radius 2 is 2.35 bits per heavy atom. The molecule has 2 heterocycles. The average molecular weight is 288 g/mol. The van der Waals surface area contributed by atoms with Gasteiger partial charge in [-0.2, -0.15) is 0 Å². The lowest BCUT2D eigenvalue weighted by atomic mass is 10.1. The fourth-order valence-corrected chi connectivity index (χ4v) is 2.60. The molecule has 2 aromatic heterocycles. The number of nitrogens with zero attached hydrogens (tertiary/aromatic N) is 2. The number of aromatic carboxylic acids is 1. The van der Waals surface area contributed by atoms with Crippen molar-refractivity contribution in [3.63, 3.8) is 0 Å². The largest absolute Gasteiger partial charge is 0.487 e. The van der Waals surface area contributed by atoms with E-state index in [1.807, 2.05) is 29.1 Å². The molecule has 6 heteroatoms. The minimum atomic E-state index is -0.961. The molecule has 0 fully saturated rings. The molecule has 1 aromatic carbocycles. The molecule has 5 nitrogen and oxygen atoms in total. The van der Waals surface area contributed by atoms with E-state index in [1.54, 1.807) is 23.5 Å². The topological polar surface area (TPSA) is 63.8 Å². The summed E-state index contributed by atoms with van der Waals surface area (Å²) in [5.74, 6) is -0.390. The molecule has 3 aromatic rings. The molecule has 0 saturated heterocycles. The Kier molecular flexibility index (Phi) is 3.15. The summed E-state index contributed by atoms with van der Waals surface area (Å²) in [6.07, 6.45) is 3.84. The third-order valence-corrected chi connectivity index (χ3v) is 3.72. The molecule has 0 radical (unpaired) electrons. The van der Waals surface area contributed by atoms with Gasteiger partial charge in [0.15, 0.2) is 4.96 Å². The fourth-order valence-electron chi connectivity index (χ4n) is 1.89. The third kappa shape index (κ3) is 2.37. The first-order valence-corrected chi connectivity index (χ1v) is 6.89. The number of fused-ring (bicyclic) bond motifs is 1. The van der Waals surface area contributed by atoms with Crippen LogP contribution in [0.4, 0.5) is 0 Å². The Hall–Kier alpha value is -2.34. The van der Waals surface area contributed by atoms with Gasteiger partial charge in [-0.3, -0.25) is 4.40 Å². The number of thiazole rings is 1. The van der Waals surface area contributed by atoms with E-state index in [4.69, 9.17) is 9.84 Å². The molecular weight excluding hydrogens is 276 g/mol. The Balaban J connectivity index is 1.79. The molecule has 0 unspecified atom stereocenters. The van der Waals surface area contributed by atoms with Gasteiger partial charge in [-0.25, -0.2) is 9.78 Å². The summed E-state index contributed by atoms with van der Waals surface area (Å²) in [6, 6.07) is 4.84. The molecule has 102 valence electrons. The smallest absolute Gasteiger partial charge is 0.335 e. The Labute approximate surface area is 119 Å². The SMILES string of the molecule is Cc1ccc(C(=O)O)cc1OCc1cn2ccsc2n1. The zero-order valence-electron chi connectivity index (χ0n) is 10.7. The summed E-state index contributed by atoms with van der Waals surface area (Å²) < 4.78 is 7.61. The second-order valence-corrected chi connectivity index (χ2v) is 5.27. The van der Waals surface area contributed by atoms with Crippen molar-refractivity contribution in [2.45, 2.75) is 13.5 Å². The van der Waals surface area contributed by atoms with Crippen molar-refractivity contribution in [1.29, 1.82) is 0 Å². The average Bonchev–Trinajstić information content (AvgIpc) is 2.98. The summed E-state index contributed by atoms with van der Waals surface area (Å²) in [6.45, 7) is 2.20. The highest BCUT2D eigenvalue weighted by Crippen LogP contribution is 2.21. The highest BCUT2D eigenvalue weighted by molar-refractivity contribution is 7.15. The second kappa shape index (κ2) is 4.97. The summed E-state index contributed by atoms with van der Waals surface area (Å²) in [7, 11) is 0. The number of aromatic nitrogens is 2. The van der Waals surface area contributed by atoms with Gasteiger partial charge in [-0.1, -0.05) is 6.07 Å². The lowest BCUT2D eigenvalue weighted by Gasteiger charge is -2.08. The van der Waals surface area contributed by atoms with Gasteiger partial charge in [0.25, 0.3) is 0 Å². The molecule has 0 aliphatic carbocycles. The van der Waals surface area contributed by atoms with Crippen LogP contribution in [0.5, 0.6) is 5.75 Å². The summed E-state index contributed by atoms with van der Waals surface area (Å²) >= 11 is 1.56. The Bertz CT molecular complexity index is 747. The summed E-state index contributed by atoms with van der Waals surface area (Å²) in [4.78, 5) is 16.3. The number of hydrogen-bond donors (Lipinski definition) is 1. The monoisotopic (exact) mass is 288 g/mol. The molecule has 3 rings (SSSR count). The number of rotatable bonds is 4. The van der Waals surface area contributed by atoms with E-state index in [0.29, 0.717) is 12.4 Å². The molecule has 20 heavy (non-hydrogen) atoms.